The Balaban J connectivity index is 1.75. The lowest BCUT2D eigenvalue weighted by Crippen LogP contribution is -2.18. The summed E-state index contributed by atoms with van der Waals surface area (Å²) in [5.74, 6) is -1.10. The van der Waals surface area contributed by atoms with Crippen molar-refractivity contribution in [1.82, 2.24) is 0 Å². The van der Waals surface area contributed by atoms with E-state index in [-0.39, 0.29) is 6.61 Å². The normalized spacial score (nSPS) is 22.1. The first-order valence-electron chi connectivity index (χ1n) is 9.21. The molecule has 8 heteroatoms. The molecule has 3 rings (SSSR count). The molecule has 0 saturated heterocycles. The summed E-state index contributed by atoms with van der Waals surface area (Å²) in [7, 11) is 0. The number of aliphatic hydroxyl groups is 1. The molecule has 1 aliphatic carbocycles. The number of aliphatic hydroxyl groups excluding tert-OH is 1. The topological polar surface area (TPSA) is 29.5 Å². The molecular weight excluding hydrogens is 460 g/mol. The van der Waals surface area contributed by atoms with Crippen molar-refractivity contribution in [1.29, 1.82) is 0 Å². The van der Waals surface area contributed by atoms with E-state index in [0.717, 1.165) is 17.2 Å². The summed E-state index contributed by atoms with van der Waals surface area (Å²) in [5, 5.41) is 10.1. The van der Waals surface area contributed by atoms with E-state index in [2.05, 4.69) is 0 Å². The zero-order chi connectivity index (χ0) is 22.3. The van der Waals surface area contributed by atoms with Gasteiger partial charge in [-0.25, -0.2) is 0 Å². The van der Waals surface area contributed by atoms with Crippen molar-refractivity contribution in [3.63, 3.8) is 0 Å². The van der Waals surface area contributed by atoms with Crippen molar-refractivity contribution in [3.8, 4) is 11.1 Å². The van der Waals surface area contributed by atoms with E-state index in [1.807, 2.05) is 30.3 Å². The van der Waals surface area contributed by atoms with Crippen molar-refractivity contribution in [2.45, 2.75) is 32.9 Å². The highest BCUT2D eigenvalue weighted by atomic mass is 35.5. The van der Waals surface area contributed by atoms with Gasteiger partial charge < -0.3 is 9.84 Å². The van der Waals surface area contributed by atoms with Gasteiger partial charge in [0.2, 0.25) is 0 Å². The molecule has 0 spiro atoms. The maximum Gasteiger partial charge on any atom is 0.426 e. The van der Waals surface area contributed by atoms with Crippen LogP contribution in [0.5, 0.6) is 0 Å². The van der Waals surface area contributed by atoms with Crippen molar-refractivity contribution >= 4 is 34.8 Å². The van der Waals surface area contributed by atoms with Crippen LogP contribution in [0.4, 0.5) is 13.2 Å². The zero-order valence-electron chi connectivity index (χ0n) is 16.2. The Bertz CT molecular complexity index is 943. The van der Waals surface area contributed by atoms with Gasteiger partial charge in [-0.15, -0.1) is 0 Å². The number of alkyl halides is 3. The number of allylic oxidation sites excluding steroid dienone is 2. The Labute approximate surface area is 188 Å². The number of hydrogen-bond acceptors (Lipinski definition) is 2. The van der Waals surface area contributed by atoms with Gasteiger partial charge in [0, 0.05) is 22.1 Å². The molecule has 2 aromatic carbocycles. The Morgan fingerprint density at radius 1 is 1.17 bits per heavy atom. The summed E-state index contributed by atoms with van der Waals surface area (Å²) < 4.78 is 43.8. The van der Waals surface area contributed by atoms with Gasteiger partial charge in [-0.1, -0.05) is 91.1 Å². The Morgan fingerprint density at radius 2 is 1.80 bits per heavy atom. The van der Waals surface area contributed by atoms with Gasteiger partial charge in [-0.05, 0) is 23.0 Å². The lowest BCUT2D eigenvalue weighted by molar-refractivity contribution is -0.128. The lowest BCUT2D eigenvalue weighted by Gasteiger charge is -2.16. The third-order valence-corrected chi connectivity index (χ3v) is 6.70. The molecular formula is C22H20Cl3F3O2. The second-order valence-corrected chi connectivity index (χ2v) is 9.03. The maximum absolute atomic E-state index is 12.7. The summed E-state index contributed by atoms with van der Waals surface area (Å²) in [5.41, 5.74) is 1.57. The largest absolute Gasteiger partial charge is 0.426 e. The average molecular weight is 480 g/mol. The standard InChI is InChI=1S/C22H20Cl3F3O2/c1-21(2)15(10-17(24)22(26,27)28)18(21)20(29)30-11-14-16(23)9-8-13(19(14)25)12-6-4-3-5-7-12/h3-10,15,18,20,29H,11H2,1-2H3/b17-10-. The fourth-order valence-corrected chi connectivity index (χ4v) is 4.40. The van der Waals surface area contributed by atoms with Gasteiger partial charge in [-0.3, -0.25) is 0 Å². The third-order valence-electron chi connectivity index (χ3n) is 5.57. The van der Waals surface area contributed by atoms with Gasteiger partial charge in [0.1, 0.15) is 5.03 Å². The first kappa shape index (κ1) is 23.4. The van der Waals surface area contributed by atoms with Crippen LogP contribution in [-0.4, -0.2) is 17.6 Å². The number of halogens is 6. The summed E-state index contributed by atoms with van der Waals surface area (Å²) in [6, 6.07) is 13.0. The van der Waals surface area contributed by atoms with E-state index in [4.69, 9.17) is 39.5 Å². The number of benzene rings is 2. The molecule has 162 valence electrons. The predicted octanol–water partition coefficient (Wildman–Crippen LogP) is 7.45. The van der Waals surface area contributed by atoms with Crippen molar-refractivity contribution in [2.75, 3.05) is 0 Å². The van der Waals surface area contributed by atoms with Gasteiger partial charge in [0.05, 0.1) is 11.6 Å². The van der Waals surface area contributed by atoms with E-state index in [1.165, 1.54) is 0 Å². The highest BCUT2D eigenvalue weighted by Gasteiger charge is 2.61. The van der Waals surface area contributed by atoms with Crippen LogP contribution in [0.3, 0.4) is 0 Å². The molecule has 3 atom stereocenters. The summed E-state index contributed by atoms with van der Waals surface area (Å²) in [4.78, 5) is 0. The molecule has 3 unspecified atom stereocenters. The second-order valence-electron chi connectivity index (χ2n) is 7.84. The lowest BCUT2D eigenvalue weighted by atomic mass is 10.0. The quantitative estimate of drug-likeness (QED) is 0.436. The van der Waals surface area contributed by atoms with Gasteiger partial charge in [-0.2, -0.15) is 13.2 Å². The Hall–Kier alpha value is -1.24. The highest BCUT2D eigenvalue weighted by Crippen LogP contribution is 2.61. The van der Waals surface area contributed by atoms with Crippen LogP contribution in [0.2, 0.25) is 10.0 Å². The zero-order valence-corrected chi connectivity index (χ0v) is 18.4. The maximum atomic E-state index is 12.7. The average Bonchev–Trinajstić information content (AvgIpc) is 3.21. The van der Waals surface area contributed by atoms with E-state index < -0.39 is 34.7 Å². The summed E-state index contributed by atoms with van der Waals surface area (Å²) in [6.07, 6.45) is -4.98. The highest BCUT2D eigenvalue weighted by molar-refractivity contribution is 6.37. The molecule has 0 aliphatic heterocycles. The minimum absolute atomic E-state index is 0.0878. The first-order chi connectivity index (χ1) is 13.9. The van der Waals surface area contributed by atoms with Crippen LogP contribution in [0.1, 0.15) is 19.4 Å². The van der Waals surface area contributed by atoms with Crippen molar-refractivity contribution < 1.29 is 23.0 Å². The van der Waals surface area contributed by atoms with Crippen molar-refractivity contribution in [3.05, 3.63) is 69.2 Å². The monoisotopic (exact) mass is 478 g/mol. The Kier molecular flexibility index (Phi) is 6.80. The molecule has 1 N–H and O–H groups in total. The van der Waals surface area contributed by atoms with E-state index in [9.17, 15) is 18.3 Å². The smallest absolute Gasteiger partial charge is 0.368 e. The van der Waals surface area contributed by atoms with E-state index >= 15 is 0 Å². The van der Waals surface area contributed by atoms with Crippen LogP contribution < -0.4 is 0 Å². The number of hydrogen-bond donors (Lipinski definition) is 1. The molecule has 0 amide bonds. The molecule has 30 heavy (non-hydrogen) atoms. The minimum Gasteiger partial charge on any atom is -0.368 e. The fourth-order valence-electron chi connectivity index (χ4n) is 3.68. The third kappa shape index (κ3) is 4.81. The van der Waals surface area contributed by atoms with Gasteiger partial charge in [0.15, 0.2) is 6.29 Å². The van der Waals surface area contributed by atoms with Crippen LogP contribution in [0.25, 0.3) is 11.1 Å². The molecule has 1 aliphatic rings. The summed E-state index contributed by atoms with van der Waals surface area (Å²) >= 11 is 18.2. The van der Waals surface area contributed by atoms with Crippen molar-refractivity contribution in [2.24, 2.45) is 17.3 Å². The molecule has 0 bridgehead atoms. The first-order valence-corrected chi connectivity index (χ1v) is 10.3. The SMILES string of the molecule is CC1(C)C(/C=C(\Cl)C(F)(F)F)C1C(O)OCc1c(Cl)ccc(-c2ccccc2)c1Cl. The fraction of sp³-hybridized carbons (Fsp3) is 0.364. The molecule has 2 nitrogen and oxygen atoms in total. The molecule has 1 saturated carbocycles. The van der Waals surface area contributed by atoms with Gasteiger partial charge >= 0.3 is 6.18 Å². The van der Waals surface area contributed by atoms with Crippen LogP contribution in [0, 0.1) is 17.3 Å². The Morgan fingerprint density at radius 3 is 2.40 bits per heavy atom. The molecule has 2 aromatic rings. The van der Waals surface area contributed by atoms with Crippen LogP contribution in [0.15, 0.2) is 53.6 Å². The number of ether oxygens (including phenoxy) is 1. The second kappa shape index (κ2) is 8.71. The molecule has 1 fully saturated rings. The van der Waals surface area contributed by atoms with E-state index in [0.29, 0.717) is 15.6 Å². The molecule has 0 heterocycles. The number of rotatable bonds is 6. The minimum atomic E-state index is -4.62. The molecule has 0 radical (unpaired) electrons. The van der Waals surface area contributed by atoms with Crippen LogP contribution in [-0.2, 0) is 11.3 Å². The predicted molar refractivity (Wildman–Crippen MR) is 113 cm³/mol. The summed E-state index contributed by atoms with van der Waals surface area (Å²) in [6.45, 7) is 3.42. The molecule has 0 aromatic heterocycles. The van der Waals surface area contributed by atoms with Crippen LogP contribution >= 0.6 is 34.8 Å². The van der Waals surface area contributed by atoms with E-state index in [1.54, 1.807) is 26.0 Å². The van der Waals surface area contributed by atoms with Gasteiger partial charge in [0.25, 0.3) is 0 Å².